The molecule has 0 radical (unpaired) electrons. The number of hydrogen-bond acceptors (Lipinski definition) is 4. The number of carbonyl (C=O) groups is 1. The number of anilines is 1. The maximum absolute atomic E-state index is 11.4. The number of amides is 1. The van der Waals surface area contributed by atoms with E-state index < -0.39 is 9.89 Å². The van der Waals surface area contributed by atoms with E-state index in [9.17, 15) is 4.79 Å². The molecule has 0 saturated carbocycles. The van der Waals surface area contributed by atoms with Crippen LogP contribution in [0.15, 0.2) is 24.5 Å². The number of imidazole rings is 1. The normalized spacial score (nSPS) is 11.5. The van der Waals surface area contributed by atoms with E-state index in [0.29, 0.717) is 11.5 Å². The van der Waals surface area contributed by atoms with Gasteiger partial charge in [0.1, 0.15) is 6.61 Å². The number of ether oxygens (including phenoxy) is 1. The molecule has 0 saturated heterocycles. The third-order valence-electron chi connectivity index (χ3n) is 1.85. The molecule has 6 nitrogen and oxygen atoms in total. The Morgan fingerprint density at radius 2 is 2.22 bits per heavy atom. The van der Waals surface area contributed by atoms with Crippen LogP contribution in [0.5, 0.6) is 0 Å². The lowest BCUT2D eigenvalue weighted by molar-refractivity contribution is 0.164. The summed E-state index contributed by atoms with van der Waals surface area (Å²) in [5.41, 5.74) is 0.662. The first-order valence-electron chi connectivity index (χ1n) is 4.75. The molecule has 0 unspecified atom stereocenters. The summed E-state index contributed by atoms with van der Waals surface area (Å²) in [6.45, 7) is -0.350. The maximum Gasteiger partial charge on any atom is 0.412 e. The Kier molecular flexibility index (Phi) is 3.79. The van der Waals surface area contributed by atoms with Gasteiger partial charge in [0, 0.05) is 12.4 Å². The molecule has 9 heteroatoms. The van der Waals surface area contributed by atoms with E-state index in [0.717, 1.165) is 0 Å². The van der Waals surface area contributed by atoms with Crippen LogP contribution in [0, 0.1) is 0 Å². The van der Waals surface area contributed by atoms with Crippen LogP contribution in [0.1, 0.15) is 0 Å². The average Bonchev–Trinajstić information content (AvgIpc) is 2.72. The zero-order valence-electron chi connectivity index (χ0n) is 8.81. The molecule has 0 fully saturated rings. The van der Waals surface area contributed by atoms with Gasteiger partial charge in [-0.1, -0.05) is 34.8 Å². The smallest absolute Gasteiger partial charge is 0.412 e. The van der Waals surface area contributed by atoms with Crippen molar-refractivity contribution in [1.29, 1.82) is 0 Å². The Hall–Kier alpha value is -1.24. The van der Waals surface area contributed by atoms with Crippen LogP contribution < -0.4 is 5.32 Å². The van der Waals surface area contributed by atoms with Gasteiger partial charge in [-0.05, 0) is 12.1 Å². The van der Waals surface area contributed by atoms with Crippen LogP contribution in [0.4, 0.5) is 10.6 Å². The van der Waals surface area contributed by atoms with Crippen LogP contribution in [0.25, 0.3) is 5.65 Å². The second-order valence-corrected chi connectivity index (χ2v) is 5.78. The van der Waals surface area contributed by atoms with Gasteiger partial charge in [-0.3, -0.25) is 5.32 Å². The number of carbonyl (C=O) groups excluding carboxylic acids is 1. The van der Waals surface area contributed by atoms with Crippen LogP contribution >= 0.6 is 34.8 Å². The fraction of sp³-hybridized carbons (Fsp3) is 0.222. The van der Waals surface area contributed by atoms with Crippen molar-refractivity contribution in [1.82, 2.24) is 14.6 Å². The first kappa shape index (κ1) is 13.2. The monoisotopic (exact) mass is 308 g/mol. The van der Waals surface area contributed by atoms with Crippen LogP contribution in [-0.4, -0.2) is 31.1 Å². The molecule has 18 heavy (non-hydrogen) atoms. The first-order valence-corrected chi connectivity index (χ1v) is 5.88. The molecular formula is C9H7Cl3N4O2. The molecule has 0 atom stereocenters. The standard InChI is InChI=1S/C9H7Cl3N4O2/c10-9(11,12)5-18-8(17)14-6-1-2-7-13-3-4-16(7)15-6/h1-4H,5H2,(H,14,15,17). The van der Waals surface area contributed by atoms with Crippen LogP contribution in [0.3, 0.4) is 0 Å². The van der Waals surface area contributed by atoms with Crippen molar-refractivity contribution in [3.05, 3.63) is 24.5 Å². The van der Waals surface area contributed by atoms with E-state index in [-0.39, 0.29) is 6.61 Å². The summed E-state index contributed by atoms with van der Waals surface area (Å²) in [4.78, 5) is 15.4. The molecule has 0 aliphatic rings. The molecule has 0 aliphatic heterocycles. The first-order chi connectivity index (χ1) is 8.44. The second kappa shape index (κ2) is 5.17. The number of alkyl halides is 3. The van der Waals surface area contributed by atoms with Crippen molar-refractivity contribution >= 4 is 52.4 Å². The predicted octanol–water partition coefficient (Wildman–Crippen LogP) is 2.65. The average molecular weight is 310 g/mol. The Morgan fingerprint density at radius 1 is 1.44 bits per heavy atom. The molecule has 0 spiro atoms. The number of rotatable bonds is 2. The highest BCUT2D eigenvalue weighted by Gasteiger charge is 2.22. The summed E-state index contributed by atoms with van der Waals surface area (Å²) in [7, 11) is 0. The van der Waals surface area contributed by atoms with Gasteiger partial charge in [-0.15, -0.1) is 5.10 Å². The number of aromatic nitrogens is 3. The molecule has 0 aromatic carbocycles. The topological polar surface area (TPSA) is 68.5 Å². The van der Waals surface area contributed by atoms with E-state index in [2.05, 4.69) is 15.4 Å². The summed E-state index contributed by atoms with van der Waals surface area (Å²) in [6.07, 6.45) is 2.48. The molecular weight excluding hydrogens is 302 g/mol. The Bertz CT molecular complexity index is 566. The van der Waals surface area contributed by atoms with Crippen molar-refractivity contribution in [2.75, 3.05) is 11.9 Å². The molecule has 1 amide bonds. The molecule has 2 rings (SSSR count). The van der Waals surface area contributed by atoms with Crippen molar-refractivity contribution in [2.24, 2.45) is 0 Å². The van der Waals surface area contributed by atoms with Crippen molar-refractivity contribution < 1.29 is 9.53 Å². The van der Waals surface area contributed by atoms with E-state index in [1.807, 2.05) is 0 Å². The van der Waals surface area contributed by atoms with Gasteiger partial charge in [0.2, 0.25) is 3.79 Å². The third kappa shape index (κ3) is 3.63. The largest absolute Gasteiger partial charge is 0.445 e. The van der Waals surface area contributed by atoms with Gasteiger partial charge >= 0.3 is 6.09 Å². The molecule has 1 N–H and O–H groups in total. The highest BCUT2D eigenvalue weighted by atomic mass is 35.6. The van der Waals surface area contributed by atoms with Gasteiger partial charge in [0.15, 0.2) is 11.5 Å². The molecule has 0 bridgehead atoms. The van der Waals surface area contributed by atoms with E-state index >= 15 is 0 Å². The highest BCUT2D eigenvalue weighted by Crippen LogP contribution is 2.25. The lowest BCUT2D eigenvalue weighted by Gasteiger charge is -2.11. The van der Waals surface area contributed by atoms with E-state index in [4.69, 9.17) is 39.5 Å². The number of halogens is 3. The Morgan fingerprint density at radius 3 is 2.94 bits per heavy atom. The fourth-order valence-electron chi connectivity index (χ4n) is 1.17. The van der Waals surface area contributed by atoms with Crippen LogP contribution in [0.2, 0.25) is 0 Å². The minimum atomic E-state index is -1.64. The minimum Gasteiger partial charge on any atom is -0.445 e. The minimum absolute atomic E-state index is 0.301. The van der Waals surface area contributed by atoms with Gasteiger partial charge in [-0.25, -0.2) is 14.3 Å². The van der Waals surface area contributed by atoms with Crippen molar-refractivity contribution in [3.63, 3.8) is 0 Å². The van der Waals surface area contributed by atoms with Gasteiger partial charge < -0.3 is 4.74 Å². The van der Waals surface area contributed by atoms with Gasteiger partial charge in [0.25, 0.3) is 0 Å². The molecule has 96 valence electrons. The predicted molar refractivity (Wildman–Crippen MR) is 68.2 cm³/mol. The lowest BCUT2D eigenvalue weighted by atomic mass is 10.5. The summed E-state index contributed by atoms with van der Waals surface area (Å²) >= 11 is 16.3. The third-order valence-corrected chi connectivity index (χ3v) is 2.18. The molecule has 2 aromatic heterocycles. The summed E-state index contributed by atoms with van der Waals surface area (Å²) in [5.74, 6) is 0.301. The molecule has 2 aromatic rings. The van der Waals surface area contributed by atoms with Crippen molar-refractivity contribution in [2.45, 2.75) is 3.79 Å². The fourth-order valence-corrected chi connectivity index (χ4v) is 1.33. The van der Waals surface area contributed by atoms with Gasteiger partial charge in [-0.2, -0.15) is 0 Å². The number of hydrogen-bond donors (Lipinski definition) is 1. The summed E-state index contributed by atoms with van der Waals surface area (Å²) < 4.78 is 4.56. The number of fused-ring (bicyclic) bond motifs is 1. The molecule has 2 heterocycles. The zero-order chi connectivity index (χ0) is 13.2. The molecule has 0 aliphatic carbocycles. The highest BCUT2D eigenvalue weighted by molar-refractivity contribution is 6.67. The second-order valence-electron chi connectivity index (χ2n) is 3.26. The number of nitrogens with one attached hydrogen (secondary N) is 1. The van der Waals surface area contributed by atoms with E-state index in [1.54, 1.807) is 24.5 Å². The SMILES string of the molecule is O=C(Nc1ccc2nccn2n1)OCC(Cl)(Cl)Cl. The van der Waals surface area contributed by atoms with Crippen LogP contribution in [-0.2, 0) is 4.74 Å². The summed E-state index contributed by atoms with van der Waals surface area (Å²) in [5, 5.41) is 6.46. The maximum atomic E-state index is 11.4. The quantitative estimate of drug-likeness (QED) is 0.866. The summed E-state index contributed by atoms with van der Waals surface area (Å²) in [6, 6.07) is 3.27. The number of nitrogens with zero attached hydrogens (tertiary/aromatic N) is 3. The van der Waals surface area contributed by atoms with Gasteiger partial charge in [0.05, 0.1) is 0 Å². The zero-order valence-corrected chi connectivity index (χ0v) is 11.1. The van der Waals surface area contributed by atoms with E-state index in [1.165, 1.54) is 4.52 Å². The van der Waals surface area contributed by atoms with Crippen molar-refractivity contribution in [3.8, 4) is 0 Å². The Balaban J connectivity index is 1.98. The Labute approximate surface area is 117 Å². The lowest BCUT2D eigenvalue weighted by Crippen LogP contribution is -2.21.